The highest BCUT2D eigenvalue weighted by Crippen LogP contribution is 2.29. The molecule has 0 saturated carbocycles. The molecule has 1 unspecified atom stereocenters. The first-order chi connectivity index (χ1) is 14.6. The van der Waals surface area contributed by atoms with Crippen molar-refractivity contribution < 1.29 is 23.8 Å². The van der Waals surface area contributed by atoms with E-state index in [1.807, 2.05) is 44.2 Å². The van der Waals surface area contributed by atoms with Gasteiger partial charge in [-0.05, 0) is 50.1 Å². The Morgan fingerprint density at radius 2 is 1.90 bits per heavy atom. The molecule has 7 nitrogen and oxygen atoms in total. The Balaban J connectivity index is 1.49. The number of hydrogen-bond acceptors (Lipinski definition) is 5. The number of fused-ring (bicyclic) bond motifs is 1. The van der Waals surface area contributed by atoms with Gasteiger partial charge in [0.1, 0.15) is 12.4 Å². The van der Waals surface area contributed by atoms with Crippen molar-refractivity contribution in [2.75, 3.05) is 31.7 Å². The second-order valence-corrected chi connectivity index (χ2v) is 6.94. The molecule has 0 saturated heterocycles. The summed E-state index contributed by atoms with van der Waals surface area (Å²) in [4.78, 5) is 24.7. The third-order valence-corrected chi connectivity index (χ3v) is 4.73. The zero-order chi connectivity index (χ0) is 21.3. The number of para-hydroxylation sites is 2. The zero-order valence-corrected chi connectivity index (χ0v) is 17.4. The molecule has 2 aromatic carbocycles. The minimum absolute atomic E-state index is 0.0767. The highest BCUT2D eigenvalue weighted by atomic mass is 16.5. The maximum Gasteiger partial charge on any atom is 0.231 e. The SMILES string of the molecule is CCOc1ccc(CCNC(=O)CC2COc3ccccc3NC2=O)cc1OCC. The number of hydrogen-bond donors (Lipinski definition) is 2. The standard InChI is InChI=1S/C23H28N2O5/c1-3-28-20-10-9-16(13-21(20)29-4-2)11-12-24-22(26)14-17-15-30-19-8-6-5-7-18(19)25-23(17)27/h5-10,13,17H,3-4,11-12,14-15H2,1-2H3,(H,24,26)(H,25,27). The van der Waals surface area contributed by atoms with Crippen molar-refractivity contribution in [1.29, 1.82) is 0 Å². The summed E-state index contributed by atoms with van der Waals surface area (Å²) in [6.07, 6.45) is 0.727. The summed E-state index contributed by atoms with van der Waals surface area (Å²) < 4.78 is 16.9. The number of rotatable bonds is 9. The second-order valence-electron chi connectivity index (χ2n) is 6.94. The van der Waals surface area contributed by atoms with Gasteiger partial charge in [0, 0.05) is 13.0 Å². The number of ether oxygens (including phenoxy) is 3. The van der Waals surface area contributed by atoms with Gasteiger partial charge in [-0.25, -0.2) is 0 Å². The van der Waals surface area contributed by atoms with E-state index in [1.165, 1.54) is 0 Å². The lowest BCUT2D eigenvalue weighted by Gasteiger charge is -2.14. The molecule has 0 aliphatic carbocycles. The molecule has 2 amide bonds. The van der Waals surface area contributed by atoms with Gasteiger partial charge in [-0.3, -0.25) is 9.59 Å². The minimum atomic E-state index is -0.535. The van der Waals surface area contributed by atoms with Crippen LogP contribution in [0.15, 0.2) is 42.5 Å². The fourth-order valence-corrected chi connectivity index (χ4v) is 3.24. The fraction of sp³-hybridized carbons (Fsp3) is 0.391. The summed E-state index contributed by atoms with van der Waals surface area (Å²) in [6.45, 7) is 5.61. The monoisotopic (exact) mass is 412 g/mol. The highest BCUT2D eigenvalue weighted by molar-refractivity contribution is 5.97. The van der Waals surface area contributed by atoms with E-state index < -0.39 is 5.92 Å². The Morgan fingerprint density at radius 3 is 2.70 bits per heavy atom. The first kappa shape index (κ1) is 21.5. The Labute approximate surface area is 176 Å². The van der Waals surface area contributed by atoms with Gasteiger partial charge < -0.3 is 24.8 Å². The van der Waals surface area contributed by atoms with Crippen molar-refractivity contribution in [1.82, 2.24) is 5.32 Å². The van der Waals surface area contributed by atoms with Gasteiger partial charge in [-0.1, -0.05) is 18.2 Å². The highest BCUT2D eigenvalue weighted by Gasteiger charge is 2.26. The van der Waals surface area contributed by atoms with Crippen molar-refractivity contribution in [3.8, 4) is 17.2 Å². The second kappa shape index (κ2) is 10.5. The van der Waals surface area contributed by atoms with E-state index in [9.17, 15) is 9.59 Å². The van der Waals surface area contributed by atoms with Crippen molar-refractivity contribution in [3.63, 3.8) is 0 Å². The molecule has 0 spiro atoms. The molecule has 2 N–H and O–H groups in total. The topological polar surface area (TPSA) is 85.9 Å². The molecule has 0 bridgehead atoms. The van der Waals surface area contributed by atoms with Gasteiger partial charge in [0.15, 0.2) is 11.5 Å². The van der Waals surface area contributed by atoms with E-state index in [-0.39, 0.29) is 24.8 Å². The lowest BCUT2D eigenvalue weighted by Crippen LogP contribution is -2.33. The molecule has 0 radical (unpaired) electrons. The van der Waals surface area contributed by atoms with Crippen molar-refractivity contribution in [2.45, 2.75) is 26.7 Å². The van der Waals surface area contributed by atoms with Gasteiger partial charge in [-0.2, -0.15) is 0 Å². The lowest BCUT2D eigenvalue weighted by atomic mass is 10.1. The molecule has 2 aromatic rings. The van der Waals surface area contributed by atoms with Crippen LogP contribution in [0.4, 0.5) is 5.69 Å². The smallest absolute Gasteiger partial charge is 0.231 e. The normalized spacial score (nSPS) is 15.3. The minimum Gasteiger partial charge on any atom is -0.491 e. The van der Waals surface area contributed by atoms with E-state index >= 15 is 0 Å². The number of anilines is 1. The molecule has 1 atom stereocenters. The molecular weight excluding hydrogens is 384 g/mol. The largest absolute Gasteiger partial charge is 0.491 e. The zero-order valence-electron chi connectivity index (χ0n) is 17.4. The van der Waals surface area contributed by atoms with Gasteiger partial charge in [0.05, 0.1) is 24.8 Å². The van der Waals surface area contributed by atoms with Crippen molar-refractivity contribution in [2.24, 2.45) is 5.92 Å². The lowest BCUT2D eigenvalue weighted by molar-refractivity contribution is -0.128. The van der Waals surface area contributed by atoms with Crippen LogP contribution in [-0.4, -0.2) is 38.2 Å². The molecule has 1 aliphatic heterocycles. The third-order valence-electron chi connectivity index (χ3n) is 4.73. The molecule has 30 heavy (non-hydrogen) atoms. The molecule has 1 aliphatic rings. The van der Waals surface area contributed by atoms with Crippen LogP contribution in [0.3, 0.4) is 0 Å². The Hall–Kier alpha value is -3.22. The molecule has 7 heteroatoms. The molecule has 0 fully saturated rings. The molecule has 160 valence electrons. The van der Waals surface area contributed by atoms with E-state index in [0.717, 1.165) is 5.56 Å². The van der Waals surface area contributed by atoms with Gasteiger partial charge >= 0.3 is 0 Å². The van der Waals surface area contributed by atoms with E-state index in [2.05, 4.69) is 10.6 Å². The number of nitrogens with one attached hydrogen (secondary N) is 2. The molecule has 3 rings (SSSR count). The summed E-state index contributed by atoms with van der Waals surface area (Å²) in [7, 11) is 0. The number of benzene rings is 2. The van der Waals surface area contributed by atoms with E-state index in [4.69, 9.17) is 14.2 Å². The average Bonchev–Trinajstić information content (AvgIpc) is 2.89. The van der Waals surface area contributed by atoms with Crippen molar-refractivity contribution in [3.05, 3.63) is 48.0 Å². The van der Waals surface area contributed by atoms with Crippen LogP contribution in [0.5, 0.6) is 17.2 Å². The van der Waals surface area contributed by atoms with Gasteiger partial charge in [0.25, 0.3) is 0 Å². The van der Waals surface area contributed by atoms with Crippen LogP contribution < -0.4 is 24.8 Å². The summed E-state index contributed by atoms with van der Waals surface area (Å²) in [5, 5.41) is 5.71. The molecule has 1 heterocycles. The molecular formula is C23H28N2O5. The molecule has 0 aromatic heterocycles. The quantitative estimate of drug-likeness (QED) is 0.661. The average molecular weight is 412 g/mol. The van der Waals surface area contributed by atoms with Crippen LogP contribution in [0.2, 0.25) is 0 Å². The number of carbonyl (C=O) groups is 2. The summed E-state index contributed by atoms with van der Waals surface area (Å²) in [5.74, 6) is 1.12. The maximum absolute atomic E-state index is 12.4. The Morgan fingerprint density at radius 1 is 1.13 bits per heavy atom. The summed E-state index contributed by atoms with van der Waals surface area (Å²) in [6, 6.07) is 13.0. The van der Waals surface area contributed by atoms with E-state index in [1.54, 1.807) is 12.1 Å². The van der Waals surface area contributed by atoms with Crippen LogP contribution in [0.25, 0.3) is 0 Å². The predicted octanol–water partition coefficient (Wildman–Crippen LogP) is 3.18. The van der Waals surface area contributed by atoms with E-state index in [0.29, 0.717) is 49.1 Å². The fourth-order valence-electron chi connectivity index (χ4n) is 3.24. The van der Waals surface area contributed by atoms with Gasteiger partial charge in [-0.15, -0.1) is 0 Å². The third kappa shape index (κ3) is 5.65. The summed E-state index contributed by atoms with van der Waals surface area (Å²) >= 11 is 0. The van der Waals surface area contributed by atoms with Crippen LogP contribution in [0.1, 0.15) is 25.8 Å². The maximum atomic E-state index is 12.4. The summed E-state index contributed by atoms with van der Waals surface area (Å²) in [5.41, 5.74) is 1.67. The van der Waals surface area contributed by atoms with Crippen LogP contribution >= 0.6 is 0 Å². The van der Waals surface area contributed by atoms with Crippen LogP contribution in [0, 0.1) is 5.92 Å². The van der Waals surface area contributed by atoms with Crippen molar-refractivity contribution >= 4 is 17.5 Å². The number of amides is 2. The Bertz CT molecular complexity index is 884. The predicted molar refractivity (Wildman–Crippen MR) is 114 cm³/mol. The van der Waals surface area contributed by atoms with Gasteiger partial charge in [0.2, 0.25) is 11.8 Å². The van der Waals surface area contributed by atoms with Crippen LogP contribution in [-0.2, 0) is 16.0 Å². The Kier molecular flexibility index (Phi) is 7.54. The first-order valence-electron chi connectivity index (χ1n) is 10.3. The first-order valence-corrected chi connectivity index (χ1v) is 10.3. The number of carbonyl (C=O) groups excluding carboxylic acids is 2.